The Balaban J connectivity index is 0. The van der Waals surface area contributed by atoms with Gasteiger partial charge in [0.2, 0.25) is 12.3 Å². The van der Waals surface area contributed by atoms with E-state index in [4.69, 9.17) is 4.74 Å². The van der Waals surface area contributed by atoms with E-state index < -0.39 is 17.4 Å². The second-order valence-corrected chi connectivity index (χ2v) is 9.81. The Morgan fingerprint density at radius 2 is 1.61 bits per heavy atom. The standard InChI is InChI=1S/C15H26N2O4.C8H17N.C3H8/c1-7-21-14(20)11(2)8-9-17(6)13(19)12(16-10-18)15(3,4)5;1-8(2)9-6-4-3-5-7-9;1-3-2/h8,10,12H,7,9H2,1-6H3,(H,16,18);8H,3-7H2,1-2H3;3H2,1-2H3/b11-8+;;/t12-;;/m0../s1. The van der Waals surface area contributed by atoms with Crippen LogP contribution in [0.1, 0.15) is 88.0 Å². The zero-order valence-corrected chi connectivity index (χ0v) is 23.0. The lowest BCUT2D eigenvalue weighted by Crippen LogP contribution is -2.51. The highest BCUT2D eigenvalue weighted by Crippen LogP contribution is 2.20. The molecule has 1 aliphatic heterocycles. The van der Waals surface area contributed by atoms with E-state index in [9.17, 15) is 14.4 Å². The molecule has 1 atom stereocenters. The first kappa shape index (κ1) is 33.3. The predicted molar refractivity (Wildman–Crippen MR) is 137 cm³/mol. The van der Waals surface area contributed by atoms with Crippen LogP contribution in [0.15, 0.2) is 11.6 Å². The van der Waals surface area contributed by atoms with Gasteiger partial charge in [-0.25, -0.2) is 4.79 Å². The van der Waals surface area contributed by atoms with E-state index in [0.717, 1.165) is 6.04 Å². The van der Waals surface area contributed by atoms with Gasteiger partial charge in [-0.2, -0.15) is 0 Å². The van der Waals surface area contributed by atoms with Crippen molar-refractivity contribution >= 4 is 18.3 Å². The van der Waals surface area contributed by atoms with Crippen LogP contribution in [-0.2, 0) is 19.1 Å². The van der Waals surface area contributed by atoms with Crippen LogP contribution in [0, 0.1) is 5.41 Å². The molecule has 1 saturated heterocycles. The maximum Gasteiger partial charge on any atom is 0.333 e. The number of nitrogens with zero attached hydrogens (tertiary/aromatic N) is 2. The Morgan fingerprint density at radius 3 is 1.97 bits per heavy atom. The number of likely N-dealkylation sites (tertiary alicyclic amines) is 1. The maximum atomic E-state index is 12.3. The zero-order valence-electron chi connectivity index (χ0n) is 23.0. The van der Waals surface area contributed by atoms with Crippen LogP contribution < -0.4 is 5.32 Å². The van der Waals surface area contributed by atoms with Gasteiger partial charge in [-0.15, -0.1) is 0 Å². The molecule has 33 heavy (non-hydrogen) atoms. The molecule has 0 radical (unpaired) electrons. The lowest BCUT2D eigenvalue weighted by molar-refractivity contribution is -0.138. The van der Waals surface area contributed by atoms with Gasteiger partial charge in [0.15, 0.2) is 0 Å². The Kier molecular flexibility index (Phi) is 18.7. The van der Waals surface area contributed by atoms with Crippen LogP contribution in [0.5, 0.6) is 0 Å². The third kappa shape index (κ3) is 15.6. The Labute approximate surface area is 203 Å². The summed E-state index contributed by atoms with van der Waals surface area (Å²) in [5.74, 6) is -0.598. The van der Waals surface area contributed by atoms with Crippen molar-refractivity contribution in [1.29, 1.82) is 0 Å². The molecular formula is C26H51N3O4. The molecule has 0 bridgehead atoms. The number of hydrogen-bond acceptors (Lipinski definition) is 5. The normalized spacial score (nSPS) is 15.3. The summed E-state index contributed by atoms with van der Waals surface area (Å²) in [7, 11) is 1.63. The molecule has 7 nitrogen and oxygen atoms in total. The number of likely N-dealkylation sites (N-methyl/N-ethyl adjacent to an activating group) is 1. The molecule has 0 aromatic carbocycles. The molecule has 0 saturated carbocycles. The minimum absolute atomic E-state index is 0.206. The van der Waals surface area contributed by atoms with E-state index in [0.29, 0.717) is 18.6 Å². The fourth-order valence-electron chi connectivity index (χ4n) is 3.11. The highest BCUT2D eigenvalue weighted by atomic mass is 16.5. The predicted octanol–water partition coefficient (Wildman–Crippen LogP) is 4.41. The van der Waals surface area contributed by atoms with Gasteiger partial charge >= 0.3 is 5.97 Å². The second-order valence-electron chi connectivity index (χ2n) is 9.81. The van der Waals surface area contributed by atoms with Gasteiger partial charge in [-0.3, -0.25) is 9.59 Å². The molecule has 1 rings (SSSR count). The van der Waals surface area contributed by atoms with Crippen molar-refractivity contribution in [3.05, 3.63) is 11.6 Å². The summed E-state index contributed by atoms with van der Waals surface area (Å²) in [5.41, 5.74) is 0.0544. The summed E-state index contributed by atoms with van der Waals surface area (Å²) in [4.78, 5) is 38.5. The molecule has 1 N–H and O–H groups in total. The van der Waals surface area contributed by atoms with Gasteiger partial charge in [-0.05, 0) is 59.0 Å². The van der Waals surface area contributed by atoms with E-state index >= 15 is 0 Å². The Hall–Kier alpha value is -1.89. The third-order valence-electron chi connectivity index (χ3n) is 5.11. The second kappa shape index (κ2) is 18.5. The molecule has 2 amide bonds. The third-order valence-corrected chi connectivity index (χ3v) is 5.11. The average molecular weight is 470 g/mol. The van der Waals surface area contributed by atoms with E-state index in [1.165, 1.54) is 43.7 Å². The first-order valence-electron chi connectivity index (χ1n) is 12.4. The molecule has 0 aromatic rings. The van der Waals surface area contributed by atoms with Crippen LogP contribution in [0.4, 0.5) is 0 Å². The maximum absolute atomic E-state index is 12.3. The number of amides is 2. The lowest BCUT2D eigenvalue weighted by Gasteiger charge is -2.32. The fourth-order valence-corrected chi connectivity index (χ4v) is 3.11. The van der Waals surface area contributed by atoms with Crippen molar-refractivity contribution in [3.8, 4) is 0 Å². The molecule has 7 heteroatoms. The number of rotatable bonds is 8. The van der Waals surface area contributed by atoms with Crippen molar-refractivity contribution in [2.75, 3.05) is 33.3 Å². The molecule has 0 aliphatic carbocycles. The van der Waals surface area contributed by atoms with Crippen LogP contribution in [0.3, 0.4) is 0 Å². The SMILES string of the molecule is CC(C)N1CCCCC1.CCC.CCOC(=O)/C(C)=C/CN(C)C(=O)[C@H](NC=O)C(C)(C)C. The topological polar surface area (TPSA) is 79.0 Å². The molecule has 1 heterocycles. The van der Waals surface area contributed by atoms with Gasteiger partial charge in [0.25, 0.3) is 0 Å². The number of carbonyl (C=O) groups excluding carboxylic acids is 3. The summed E-state index contributed by atoms with van der Waals surface area (Å²) in [6, 6.07) is 0.154. The lowest BCUT2D eigenvalue weighted by atomic mass is 9.86. The molecule has 0 spiro atoms. The quantitative estimate of drug-likeness (QED) is 0.324. The highest BCUT2D eigenvalue weighted by Gasteiger charge is 2.32. The zero-order chi connectivity index (χ0) is 26.0. The monoisotopic (exact) mass is 469 g/mol. The number of nitrogens with one attached hydrogen (secondary N) is 1. The van der Waals surface area contributed by atoms with Crippen molar-refractivity contribution in [2.24, 2.45) is 5.41 Å². The summed E-state index contributed by atoms with van der Waals surface area (Å²) < 4.78 is 4.87. The smallest absolute Gasteiger partial charge is 0.333 e. The van der Waals surface area contributed by atoms with Crippen molar-refractivity contribution < 1.29 is 19.1 Å². The van der Waals surface area contributed by atoms with Crippen LogP contribution in [0.25, 0.3) is 0 Å². The first-order chi connectivity index (χ1) is 15.4. The van der Waals surface area contributed by atoms with Crippen molar-refractivity contribution in [2.45, 2.75) is 100 Å². The first-order valence-corrected chi connectivity index (χ1v) is 12.4. The van der Waals surface area contributed by atoms with Crippen molar-refractivity contribution in [3.63, 3.8) is 0 Å². The highest BCUT2D eigenvalue weighted by molar-refractivity contribution is 5.88. The van der Waals surface area contributed by atoms with E-state index in [1.54, 1.807) is 27.0 Å². The number of carbonyl (C=O) groups is 3. The molecule has 194 valence electrons. The minimum atomic E-state index is -0.615. The summed E-state index contributed by atoms with van der Waals surface area (Å²) in [6.07, 6.45) is 7.69. The molecular weight excluding hydrogens is 418 g/mol. The van der Waals surface area contributed by atoms with Gasteiger partial charge in [0.1, 0.15) is 6.04 Å². The van der Waals surface area contributed by atoms with Crippen LogP contribution in [-0.4, -0.2) is 73.5 Å². The van der Waals surface area contributed by atoms with E-state index in [-0.39, 0.29) is 12.5 Å². The summed E-state index contributed by atoms with van der Waals surface area (Å²) in [5, 5.41) is 2.55. The number of esters is 1. The minimum Gasteiger partial charge on any atom is -0.463 e. The Bertz CT molecular complexity index is 577. The molecule has 0 aromatic heterocycles. The van der Waals surface area contributed by atoms with Crippen LogP contribution >= 0.6 is 0 Å². The van der Waals surface area contributed by atoms with Gasteiger partial charge in [-0.1, -0.05) is 53.5 Å². The fraction of sp³-hybridized carbons (Fsp3) is 0.808. The summed E-state index contributed by atoms with van der Waals surface area (Å²) in [6.45, 7) is 21.1. The number of piperidine rings is 1. The van der Waals surface area contributed by atoms with Gasteiger partial charge < -0.3 is 19.9 Å². The number of ether oxygens (including phenoxy) is 1. The average Bonchev–Trinajstić information content (AvgIpc) is 2.76. The molecule has 1 aliphatic rings. The van der Waals surface area contributed by atoms with Crippen LogP contribution in [0.2, 0.25) is 0 Å². The Morgan fingerprint density at radius 1 is 1.09 bits per heavy atom. The van der Waals surface area contributed by atoms with E-state index in [2.05, 4.69) is 37.9 Å². The summed E-state index contributed by atoms with van der Waals surface area (Å²) >= 11 is 0. The van der Waals surface area contributed by atoms with Gasteiger partial charge in [0.05, 0.1) is 6.61 Å². The molecule has 1 fully saturated rings. The number of hydrogen-bond donors (Lipinski definition) is 1. The largest absolute Gasteiger partial charge is 0.463 e. The van der Waals surface area contributed by atoms with Crippen molar-refractivity contribution in [1.82, 2.24) is 15.1 Å². The van der Waals surface area contributed by atoms with E-state index in [1.807, 2.05) is 20.8 Å². The van der Waals surface area contributed by atoms with Gasteiger partial charge in [0, 0.05) is 25.2 Å². The molecule has 0 unspecified atom stereocenters.